The zero-order chi connectivity index (χ0) is 17.1. The lowest BCUT2D eigenvalue weighted by atomic mass is 10.0. The lowest BCUT2D eigenvalue weighted by Gasteiger charge is -2.29. The molecule has 3 rings (SSSR count). The number of benzene rings is 1. The number of imide groups is 1. The molecule has 1 saturated heterocycles. The van der Waals surface area contributed by atoms with Crippen LogP contribution < -0.4 is 5.32 Å². The number of amides is 3. The number of hydrogen-bond acceptors (Lipinski definition) is 3. The first-order chi connectivity index (χ1) is 11.6. The van der Waals surface area contributed by atoms with Crippen molar-refractivity contribution in [2.75, 3.05) is 0 Å². The fourth-order valence-corrected chi connectivity index (χ4v) is 3.08. The molecule has 0 aromatic heterocycles. The summed E-state index contributed by atoms with van der Waals surface area (Å²) in [6.07, 6.45) is 3.72. The second-order valence-corrected chi connectivity index (χ2v) is 6.18. The van der Waals surface area contributed by atoms with Crippen LogP contribution in [0.15, 0.2) is 18.2 Å². The molecule has 0 bridgehead atoms. The summed E-state index contributed by atoms with van der Waals surface area (Å²) in [5.74, 6) is 5.47. The van der Waals surface area contributed by atoms with E-state index in [1.54, 1.807) is 11.0 Å². The molecular formula is C19H20N2O3. The van der Waals surface area contributed by atoms with E-state index in [2.05, 4.69) is 24.1 Å². The molecule has 1 fully saturated rings. The first-order valence-electron chi connectivity index (χ1n) is 8.36. The third-order valence-electron chi connectivity index (χ3n) is 4.41. The largest absolute Gasteiger partial charge is 0.322 e. The van der Waals surface area contributed by atoms with Gasteiger partial charge in [0.15, 0.2) is 0 Å². The molecule has 2 aliphatic heterocycles. The summed E-state index contributed by atoms with van der Waals surface area (Å²) in [6.45, 7) is 2.52. The van der Waals surface area contributed by atoms with Crippen LogP contribution >= 0.6 is 0 Å². The molecule has 124 valence electrons. The molecular weight excluding hydrogens is 304 g/mol. The lowest BCUT2D eigenvalue weighted by Crippen LogP contribution is -2.52. The van der Waals surface area contributed by atoms with Crippen molar-refractivity contribution in [2.45, 2.75) is 51.6 Å². The summed E-state index contributed by atoms with van der Waals surface area (Å²) in [5, 5.41) is 2.31. The molecule has 2 heterocycles. The fraction of sp³-hybridized carbons (Fsp3) is 0.421. The molecule has 1 aromatic carbocycles. The molecule has 3 amide bonds. The van der Waals surface area contributed by atoms with Gasteiger partial charge in [-0.25, -0.2) is 0 Å². The van der Waals surface area contributed by atoms with Crippen LogP contribution in [0.2, 0.25) is 0 Å². The highest BCUT2D eigenvalue weighted by Gasteiger charge is 2.38. The summed E-state index contributed by atoms with van der Waals surface area (Å²) < 4.78 is 0. The Kier molecular flexibility index (Phi) is 4.66. The molecule has 0 aliphatic carbocycles. The van der Waals surface area contributed by atoms with Gasteiger partial charge in [-0.05, 0) is 36.6 Å². The molecule has 1 aromatic rings. The van der Waals surface area contributed by atoms with Gasteiger partial charge in [-0.15, -0.1) is 0 Å². The van der Waals surface area contributed by atoms with E-state index in [0.717, 1.165) is 30.4 Å². The van der Waals surface area contributed by atoms with Crippen molar-refractivity contribution in [3.8, 4) is 11.8 Å². The van der Waals surface area contributed by atoms with Crippen molar-refractivity contribution in [1.82, 2.24) is 10.2 Å². The van der Waals surface area contributed by atoms with E-state index in [9.17, 15) is 14.4 Å². The molecule has 0 saturated carbocycles. The first kappa shape index (κ1) is 16.3. The van der Waals surface area contributed by atoms with Gasteiger partial charge in [0, 0.05) is 30.5 Å². The van der Waals surface area contributed by atoms with Crippen molar-refractivity contribution < 1.29 is 14.4 Å². The van der Waals surface area contributed by atoms with E-state index in [4.69, 9.17) is 0 Å². The molecule has 5 nitrogen and oxygen atoms in total. The number of piperidine rings is 1. The topological polar surface area (TPSA) is 66.5 Å². The van der Waals surface area contributed by atoms with Gasteiger partial charge in [0.05, 0.1) is 0 Å². The molecule has 1 atom stereocenters. The maximum Gasteiger partial charge on any atom is 0.255 e. The van der Waals surface area contributed by atoms with Crippen LogP contribution in [0, 0.1) is 11.8 Å². The van der Waals surface area contributed by atoms with Gasteiger partial charge < -0.3 is 4.90 Å². The summed E-state index contributed by atoms with van der Waals surface area (Å²) in [7, 11) is 0. The van der Waals surface area contributed by atoms with Crippen LogP contribution in [-0.4, -0.2) is 28.7 Å². The fourth-order valence-electron chi connectivity index (χ4n) is 3.08. The van der Waals surface area contributed by atoms with Crippen LogP contribution in [0.3, 0.4) is 0 Å². The minimum absolute atomic E-state index is 0.148. The van der Waals surface area contributed by atoms with Crippen LogP contribution in [0.5, 0.6) is 0 Å². The molecule has 1 unspecified atom stereocenters. The summed E-state index contributed by atoms with van der Waals surface area (Å²) in [5.41, 5.74) is 2.41. The predicted octanol–water partition coefficient (Wildman–Crippen LogP) is 1.99. The Morgan fingerprint density at radius 3 is 2.88 bits per heavy atom. The number of unbranched alkanes of at least 4 members (excludes halogenated alkanes) is 2. The minimum Gasteiger partial charge on any atom is -0.322 e. The molecule has 2 aliphatic rings. The van der Waals surface area contributed by atoms with Gasteiger partial charge >= 0.3 is 0 Å². The lowest BCUT2D eigenvalue weighted by molar-refractivity contribution is -0.136. The van der Waals surface area contributed by atoms with Crippen LogP contribution in [-0.2, 0) is 16.1 Å². The van der Waals surface area contributed by atoms with Crippen LogP contribution in [0.1, 0.15) is 60.5 Å². The molecule has 1 N–H and O–H groups in total. The SMILES string of the molecule is CCCCC#Cc1ccc2c(c1)CN(C1CCC(=O)NC1=O)C2=O. The number of rotatable bonds is 3. The maximum absolute atomic E-state index is 12.6. The Bertz CT molecular complexity index is 758. The number of fused-ring (bicyclic) bond motifs is 1. The van der Waals surface area contributed by atoms with E-state index >= 15 is 0 Å². The number of nitrogens with one attached hydrogen (secondary N) is 1. The van der Waals surface area contributed by atoms with Crippen molar-refractivity contribution in [1.29, 1.82) is 0 Å². The number of nitrogens with zero attached hydrogens (tertiary/aromatic N) is 1. The second kappa shape index (κ2) is 6.88. The molecule has 24 heavy (non-hydrogen) atoms. The van der Waals surface area contributed by atoms with Crippen molar-refractivity contribution in [3.63, 3.8) is 0 Å². The Morgan fingerprint density at radius 1 is 1.29 bits per heavy atom. The van der Waals surface area contributed by atoms with Gasteiger partial charge in [-0.3, -0.25) is 19.7 Å². The van der Waals surface area contributed by atoms with E-state index in [1.165, 1.54) is 0 Å². The summed E-state index contributed by atoms with van der Waals surface area (Å²) in [4.78, 5) is 37.4. The van der Waals surface area contributed by atoms with Crippen molar-refractivity contribution >= 4 is 17.7 Å². The quantitative estimate of drug-likeness (QED) is 0.525. The Labute approximate surface area is 141 Å². The zero-order valence-electron chi connectivity index (χ0n) is 13.7. The van der Waals surface area contributed by atoms with Crippen molar-refractivity contribution in [3.05, 3.63) is 34.9 Å². The number of hydrogen-bond donors (Lipinski definition) is 1. The molecule has 0 spiro atoms. The first-order valence-corrected chi connectivity index (χ1v) is 8.36. The highest BCUT2D eigenvalue weighted by atomic mass is 16.2. The van der Waals surface area contributed by atoms with Gasteiger partial charge in [0.1, 0.15) is 6.04 Å². The summed E-state index contributed by atoms with van der Waals surface area (Å²) >= 11 is 0. The Balaban J connectivity index is 1.76. The highest BCUT2D eigenvalue weighted by molar-refractivity contribution is 6.05. The molecule has 0 radical (unpaired) electrons. The third kappa shape index (κ3) is 3.18. The second-order valence-electron chi connectivity index (χ2n) is 6.18. The Morgan fingerprint density at radius 2 is 2.12 bits per heavy atom. The predicted molar refractivity (Wildman–Crippen MR) is 88.9 cm³/mol. The van der Waals surface area contributed by atoms with E-state index < -0.39 is 6.04 Å². The standard InChI is InChI=1S/C19H20N2O3/c1-2-3-4-5-6-13-7-8-15-14(11-13)12-21(19(15)24)16-9-10-17(22)20-18(16)23/h7-8,11,16H,2-4,9-10,12H2,1H3,(H,20,22,23). The zero-order valence-corrected chi connectivity index (χ0v) is 13.7. The van der Waals surface area contributed by atoms with Crippen LogP contribution in [0.4, 0.5) is 0 Å². The van der Waals surface area contributed by atoms with Gasteiger partial charge in [0.25, 0.3) is 5.91 Å². The number of carbonyl (C=O) groups excluding carboxylic acids is 3. The summed E-state index contributed by atoms with van der Waals surface area (Å²) in [6, 6.07) is 5.00. The van der Waals surface area contributed by atoms with E-state index in [-0.39, 0.29) is 24.1 Å². The van der Waals surface area contributed by atoms with Gasteiger partial charge in [0.2, 0.25) is 11.8 Å². The normalized spacial score (nSPS) is 19.6. The van der Waals surface area contributed by atoms with Gasteiger partial charge in [-0.2, -0.15) is 0 Å². The van der Waals surface area contributed by atoms with Gasteiger partial charge in [-0.1, -0.05) is 25.2 Å². The van der Waals surface area contributed by atoms with Crippen molar-refractivity contribution in [2.24, 2.45) is 0 Å². The maximum atomic E-state index is 12.6. The van der Waals surface area contributed by atoms with E-state index in [0.29, 0.717) is 18.5 Å². The molecule has 5 heteroatoms. The van der Waals surface area contributed by atoms with E-state index in [1.807, 2.05) is 12.1 Å². The monoisotopic (exact) mass is 324 g/mol. The highest BCUT2D eigenvalue weighted by Crippen LogP contribution is 2.28. The smallest absolute Gasteiger partial charge is 0.255 e. The average Bonchev–Trinajstić information content (AvgIpc) is 2.88. The number of carbonyl (C=O) groups is 3. The average molecular weight is 324 g/mol. The Hall–Kier alpha value is -2.61. The van der Waals surface area contributed by atoms with Crippen LogP contribution in [0.25, 0.3) is 0 Å². The third-order valence-corrected chi connectivity index (χ3v) is 4.41. The minimum atomic E-state index is -0.568.